The Kier molecular flexibility index (Phi) is 7.94. The fourth-order valence-electron chi connectivity index (χ4n) is 1.14. The Morgan fingerprint density at radius 2 is 1.85 bits per heavy atom. The van der Waals surface area contributed by atoms with Gasteiger partial charge in [0.25, 0.3) is 0 Å². The lowest BCUT2D eigenvalue weighted by Gasteiger charge is -2.25. The van der Waals surface area contributed by atoms with Crippen LogP contribution in [-0.2, 0) is 9.53 Å². The van der Waals surface area contributed by atoms with Crippen molar-refractivity contribution in [3.63, 3.8) is 0 Å². The van der Waals surface area contributed by atoms with E-state index in [0.29, 0.717) is 6.42 Å². The van der Waals surface area contributed by atoms with Crippen LogP contribution in [0.25, 0.3) is 0 Å². The molecule has 1 heterocycles. The van der Waals surface area contributed by atoms with Crippen molar-refractivity contribution < 1.29 is 9.53 Å². The predicted molar refractivity (Wildman–Crippen MR) is 53.9 cm³/mol. The molecule has 0 aliphatic carbocycles. The predicted octanol–water partition coefficient (Wildman–Crippen LogP) is 1.32. The van der Waals surface area contributed by atoms with Gasteiger partial charge in [0, 0.05) is 26.1 Å². The van der Waals surface area contributed by atoms with Gasteiger partial charge in [-0.3, -0.25) is 9.69 Å². The highest BCUT2D eigenvalue weighted by Gasteiger charge is 2.09. The summed E-state index contributed by atoms with van der Waals surface area (Å²) < 4.78 is 5.18. The van der Waals surface area contributed by atoms with Crippen LogP contribution in [0.1, 0.15) is 27.2 Å². The molecule has 0 bridgehead atoms. The highest BCUT2D eigenvalue weighted by Crippen LogP contribution is 1.97. The second kappa shape index (κ2) is 8.20. The molecule has 1 saturated heterocycles. The van der Waals surface area contributed by atoms with Gasteiger partial charge in [0.2, 0.25) is 0 Å². The Bertz CT molecular complexity index is 131. The van der Waals surface area contributed by atoms with Crippen molar-refractivity contribution in [2.45, 2.75) is 27.2 Å². The number of nitrogens with zero attached hydrogens (tertiary/aromatic N) is 1. The SMILES string of the molecule is CC.CC(=O)CCN1CCOCC1. The first kappa shape index (κ1) is 12.6. The second-order valence-electron chi connectivity index (χ2n) is 2.91. The zero-order valence-corrected chi connectivity index (χ0v) is 9.01. The molecule has 0 amide bonds. The highest BCUT2D eigenvalue weighted by atomic mass is 16.5. The van der Waals surface area contributed by atoms with Gasteiger partial charge in [-0.2, -0.15) is 0 Å². The first-order valence-corrected chi connectivity index (χ1v) is 5.08. The Hall–Kier alpha value is -0.410. The normalized spacial score (nSPS) is 17.5. The molecule has 0 saturated carbocycles. The molecule has 0 atom stereocenters. The lowest BCUT2D eigenvalue weighted by atomic mass is 10.3. The van der Waals surface area contributed by atoms with Crippen LogP contribution < -0.4 is 0 Å². The summed E-state index contributed by atoms with van der Waals surface area (Å²) in [7, 11) is 0. The van der Waals surface area contributed by atoms with Crippen LogP contribution in [0.2, 0.25) is 0 Å². The molecule has 13 heavy (non-hydrogen) atoms. The van der Waals surface area contributed by atoms with Crippen molar-refractivity contribution in [3.8, 4) is 0 Å². The summed E-state index contributed by atoms with van der Waals surface area (Å²) in [4.78, 5) is 12.9. The van der Waals surface area contributed by atoms with Crippen LogP contribution >= 0.6 is 0 Å². The maximum atomic E-state index is 10.6. The van der Waals surface area contributed by atoms with E-state index in [-0.39, 0.29) is 5.78 Å². The van der Waals surface area contributed by atoms with Crippen molar-refractivity contribution >= 4 is 5.78 Å². The van der Waals surface area contributed by atoms with E-state index in [1.165, 1.54) is 0 Å². The van der Waals surface area contributed by atoms with E-state index >= 15 is 0 Å². The van der Waals surface area contributed by atoms with Crippen LogP contribution in [-0.4, -0.2) is 43.5 Å². The third-order valence-electron chi connectivity index (χ3n) is 1.88. The number of morpholine rings is 1. The van der Waals surface area contributed by atoms with Crippen molar-refractivity contribution in [1.82, 2.24) is 4.90 Å². The first-order valence-electron chi connectivity index (χ1n) is 5.08. The largest absolute Gasteiger partial charge is 0.379 e. The van der Waals surface area contributed by atoms with Crippen LogP contribution in [0.3, 0.4) is 0 Å². The molecule has 0 aromatic heterocycles. The van der Waals surface area contributed by atoms with Crippen molar-refractivity contribution in [2.75, 3.05) is 32.8 Å². The summed E-state index contributed by atoms with van der Waals surface area (Å²) in [6.45, 7) is 10.1. The number of ether oxygens (including phenoxy) is 1. The number of Topliss-reactive ketones (excluding diaryl/α,β-unsaturated/α-hetero) is 1. The lowest BCUT2D eigenvalue weighted by molar-refractivity contribution is -0.117. The lowest BCUT2D eigenvalue weighted by Crippen LogP contribution is -2.37. The molecule has 1 rings (SSSR count). The summed E-state index contributed by atoms with van der Waals surface area (Å²) in [5.74, 6) is 0.275. The van der Waals surface area contributed by atoms with Gasteiger partial charge in [0.15, 0.2) is 0 Å². The van der Waals surface area contributed by atoms with Crippen molar-refractivity contribution in [3.05, 3.63) is 0 Å². The molecule has 0 aromatic rings. The molecule has 0 aromatic carbocycles. The minimum absolute atomic E-state index is 0.275. The average Bonchev–Trinajstić information content (AvgIpc) is 2.19. The topological polar surface area (TPSA) is 29.5 Å². The summed E-state index contributed by atoms with van der Waals surface area (Å²) in [6, 6.07) is 0. The molecule has 0 radical (unpaired) electrons. The molecular weight excluding hydrogens is 166 g/mol. The molecule has 1 aliphatic heterocycles. The minimum atomic E-state index is 0.275. The third kappa shape index (κ3) is 6.72. The zero-order valence-electron chi connectivity index (χ0n) is 9.01. The van der Waals surface area contributed by atoms with Crippen molar-refractivity contribution in [2.24, 2.45) is 0 Å². The summed E-state index contributed by atoms with van der Waals surface area (Å²) in [5.41, 5.74) is 0. The third-order valence-corrected chi connectivity index (χ3v) is 1.88. The van der Waals surface area contributed by atoms with Gasteiger partial charge in [0.05, 0.1) is 13.2 Å². The molecule has 1 aliphatic rings. The van der Waals surface area contributed by atoms with Crippen LogP contribution in [0.4, 0.5) is 0 Å². The highest BCUT2D eigenvalue weighted by molar-refractivity contribution is 5.75. The smallest absolute Gasteiger partial charge is 0.131 e. The second-order valence-corrected chi connectivity index (χ2v) is 2.91. The monoisotopic (exact) mass is 187 g/mol. The maximum absolute atomic E-state index is 10.6. The van der Waals surface area contributed by atoms with Crippen LogP contribution in [0.5, 0.6) is 0 Å². The molecule has 1 fully saturated rings. The summed E-state index contributed by atoms with van der Waals surface area (Å²) in [5, 5.41) is 0. The molecule has 78 valence electrons. The van der Waals surface area contributed by atoms with Gasteiger partial charge in [-0.05, 0) is 6.92 Å². The van der Waals surface area contributed by atoms with Crippen LogP contribution in [0.15, 0.2) is 0 Å². The molecule has 0 N–H and O–H groups in total. The van der Waals surface area contributed by atoms with E-state index in [0.717, 1.165) is 32.8 Å². The Morgan fingerprint density at radius 1 is 1.31 bits per heavy atom. The van der Waals surface area contributed by atoms with E-state index in [9.17, 15) is 4.79 Å². The van der Waals surface area contributed by atoms with Gasteiger partial charge in [-0.25, -0.2) is 0 Å². The number of hydrogen-bond acceptors (Lipinski definition) is 3. The van der Waals surface area contributed by atoms with Gasteiger partial charge in [0.1, 0.15) is 5.78 Å². The maximum Gasteiger partial charge on any atom is 0.131 e. The number of carbonyl (C=O) groups excluding carboxylic acids is 1. The Balaban J connectivity index is 0.000000671. The number of hydrogen-bond donors (Lipinski definition) is 0. The van der Waals surface area contributed by atoms with E-state index in [4.69, 9.17) is 4.74 Å². The van der Waals surface area contributed by atoms with Gasteiger partial charge in [-0.1, -0.05) is 13.8 Å². The molecule has 3 heteroatoms. The number of ketones is 1. The molecule has 0 spiro atoms. The first-order chi connectivity index (χ1) is 6.29. The van der Waals surface area contributed by atoms with Gasteiger partial charge >= 0.3 is 0 Å². The van der Waals surface area contributed by atoms with E-state index in [2.05, 4.69) is 4.90 Å². The molecular formula is C10H21NO2. The summed E-state index contributed by atoms with van der Waals surface area (Å²) in [6.07, 6.45) is 0.681. The number of rotatable bonds is 3. The average molecular weight is 187 g/mol. The fourth-order valence-corrected chi connectivity index (χ4v) is 1.14. The van der Waals surface area contributed by atoms with Gasteiger partial charge in [-0.15, -0.1) is 0 Å². The minimum Gasteiger partial charge on any atom is -0.379 e. The summed E-state index contributed by atoms with van der Waals surface area (Å²) >= 11 is 0. The van der Waals surface area contributed by atoms with Crippen LogP contribution in [0, 0.1) is 0 Å². The molecule has 3 nitrogen and oxygen atoms in total. The van der Waals surface area contributed by atoms with E-state index in [1.54, 1.807) is 6.92 Å². The fraction of sp³-hybridized carbons (Fsp3) is 0.900. The quantitative estimate of drug-likeness (QED) is 0.667. The van der Waals surface area contributed by atoms with E-state index < -0.39 is 0 Å². The Morgan fingerprint density at radius 3 is 2.31 bits per heavy atom. The van der Waals surface area contributed by atoms with E-state index in [1.807, 2.05) is 13.8 Å². The standard InChI is InChI=1S/C8H15NO2.C2H6/c1-8(10)2-3-9-4-6-11-7-5-9;1-2/h2-7H2,1H3;1-2H3. The Labute approximate surface area is 81.1 Å². The zero-order chi connectivity index (χ0) is 10.1. The van der Waals surface area contributed by atoms with Crippen molar-refractivity contribution in [1.29, 1.82) is 0 Å². The molecule has 0 unspecified atom stereocenters. The van der Waals surface area contributed by atoms with Gasteiger partial charge < -0.3 is 4.74 Å². The number of carbonyl (C=O) groups is 1.